The summed E-state index contributed by atoms with van der Waals surface area (Å²) in [5.41, 5.74) is -0.467. The van der Waals surface area contributed by atoms with Gasteiger partial charge in [0.1, 0.15) is 12.1 Å². The fraction of sp³-hybridized carbons (Fsp3) is 0.871. The molecule has 41 heavy (non-hydrogen) atoms. The van der Waals surface area contributed by atoms with Crippen molar-refractivity contribution in [2.75, 3.05) is 54.4 Å². The standard InChI is InChI=1S/C31H56N6O4/c1-21(2)25(20-36-18-12-15-23(36)29(40)37-19-13-16-24(37)28(39)33(6)7)35(9)30(41)26(31(3,4)5)32-27(38)22-14-10-11-17-34(22)8/h21-26H,10-20H2,1-9H3,(H,32,38)/t22?,23?,24-,25+,26?/m0/s1. The monoisotopic (exact) mass is 576 g/mol. The molecule has 3 rings (SSSR count). The summed E-state index contributed by atoms with van der Waals surface area (Å²) < 4.78 is 0. The number of nitrogens with zero attached hydrogens (tertiary/aromatic N) is 5. The lowest BCUT2D eigenvalue weighted by Gasteiger charge is -2.41. The molecule has 0 aromatic heterocycles. The van der Waals surface area contributed by atoms with E-state index in [1.807, 2.05) is 34.9 Å². The maximum absolute atomic E-state index is 14.1. The fourth-order valence-corrected chi connectivity index (χ4v) is 6.78. The number of nitrogens with one attached hydrogen (secondary N) is 1. The Balaban J connectivity index is 1.74. The highest BCUT2D eigenvalue weighted by molar-refractivity contribution is 5.91. The summed E-state index contributed by atoms with van der Waals surface area (Å²) in [6, 6.07) is -1.67. The van der Waals surface area contributed by atoms with Crippen LogP contribution < -0.4 is 5.32 Å². The third-order valence-electron chi connectivity index (χ3n) is 9.42. The van der Waals surface area contributed by atoms with Crippen LogP contribution in [0.15, 0.2) is 0 Å². The first-order valence-corrected chi connectivity index (χ1v) is 15.7. The molecule has 0 aliphatic carbocycles. The second kappa shape index (κ2) is 13.8. The van der Waals surface area contributed by atoms with Crippen LogP contribution in [0, 0.1) is 11.3 Å². The molecule has 3 aliphatic heterocycles. The van der Waals surface area contributed by atoms with E-state index in [0.717, 1.165) is 51.6 Å². The molecule has 5 atom stereocenters. The fourth-order valence-electron chi connectivity index (χ4n) is 6.78. The van der Waals surface area contributed by atoms with Gasteiger partial charge in [0.2, 0.25) is 23.6 Å². The first-order chi connectivity index (χ1) is 19.1. The van der Waals surface area contributed by atoms with E-state index in [1.54, 1.807) is 28.8 Å². The normalized spacial score (nSPS) is 25.7. The van der Waals surface area contributed by atoms with E-state index < -0.39 is 11.5 Å². The predicted octanol–water partition coefficient (Wildman–Crippen LogP) is 2.03. The molecule has 3 heterocycles. The van der Waals surface area contributed by atoms with Crippen molar-refractivity contribution in [3.05, 3.63) is 0 Å². The summed E-state index contributed by atoms with van der Waals surface area (Å²) >= 11 is 0. The Kier molecular flexibility index (Phi) is 11.2. The van der Waals surface area contributed by atoms with Gasteiger partial charge in [-0.05, 0) is 70.0 Å². The van der Waals surface area contributed by atoms with E-state index in [0.29, 0.717) is 19.5 Å². The second-order valence-electron chi connectivity index (χ2n) is 14.1. The third kappa shape index (κ3) is 7.80. The number of amides is 4. The zero-order valence-electron chi connectivity index (χ0n) is 27.1. The summed E-state index contributed by atoms with van der Waals surface area (Å²) in [6.45, 7) is 13.1. The van der Waals surface area contributed by atoms with Crippen molar-refractivity contribution < 1.29 is 19.2 Å². The lowest BCUT2D eigenvalue weighted by molar-refractivity contribution is -0.146. The third-order valence-corrected chi connectivity index (χ3v) is 9.42. The molecule has 0 radical (unpaired) electrons. The highest BCUT2D eigenvalue weighted by atomic mass is 16.2. The average molecular weight is 577 g/mol. The number of likely N-dealkylation sites (N-methyl/N-ethyl adjacent to an activating group) is 3. The van der Waals surface area contributed by atoms with Crippen molar-refractivity contribution in [2.45, 2.75) is 110 Å². The summed E-state index contributed by atoms with van der Waals surface area (Å²) in [7, 11) is 7.30. The molecular formula is C31H56N6O4. The van der Waals surface area contributed by atoms with Crippen LogP contribution in [-0.4, -0.2) is 133 Å². The highest BCUT2D eigenvalue weighted by Crippen LogP contribution is 2.28. The molecule has 3 saturated heterocycles. The van der Waals surface area contributed by atoms with Gasteiger partial charge in [0.05, 0.1) is 12.1 Å². The number of rotatable bonds is 9. The van der Waals surface area contributed by atoms with Crippen molar-refractivity contribution >= 4 is 23.6 Å². The first kappa shape index (κ1) is 33.3. The molecule has 10 nitrogen and oxygen atoms in total. The molecule has 234 valence electrons. The first-order valence-electron chi connectivity index (χ1n) is 15.7. The van der Waals surface area contributed by atoms with Crippen LogP contribution in [0.2, 0.25) is 0 Å². The van der Waals surface area contributed by atoms with Crippen LogP contribution in [0.25, 0.3) is 0 Å². The van der Waals surface area contributed by atoms with Crippen molar-refractivity contribution in [3.63, 3.8) is 0 Å². The van der Waals surface area contributed by atoms with Crippen molar-refractivity contribution in [1.82, 2.24) is 29.8 Å². The van der Waals surface area contributed by atoms with E-state index in [-0.39, 0.29) is 53.7 Å². The maximum Gasteiger partial charge on any atom is 0.245 e. The van der Waals surface area contributed by atoms with Crippen LogP contribution in [0.1, 0.15) is 79.6 Å². The lowest BCUT2D eigenvalue weighted by atomic mass is 9.84. The quantitative estimate of drug-likeness (QED) is 0.451. The SMILES string of the molecule is CC(C)[C@@H](CN1CCCC1C(=O)N1CCC[C@H]1C(=O)N(C)C)N(C)C(=O)C(NC(=O)C1CCCCN1C)C(C)(C)C. The molecule has 10 heteroatoms. The Morgan fingerprint density at radius 2 is 1.46 bits per heavy atom. The summed E-state index contributed by atoms with van der Waals surface area (Å²) in [5.74, 6) is -0.00145. The minimum atomic E-state index is -0.657. The molecule has 0 saturated carbocycles. The largest absolute Gasteiger partial charge is 0.347 e. The predicted molar refractivity (Wildman–Crippen MR) is 161 cm³/mol. The molecule has 4 amide bonds. The van der Waals surface area contributed by atoms with Gasteiger partial charge < -0.3 is 20.0 Å². The molecule has 0 aromatic rings. The zero-order chi connectivity index (χ0) is 30.6. The topological polar surface area (TPSA) is 96.5 Å². The number of likely N-dealkylation sites (tertiary alicyclic amines) is 3. The molecule has 0 aromatic carbocycles. The van der Waals surface area contributed by atoms with Gasteiger partial charge in [0.15, 0.2) is 0 Å². The number of carbonyl (C=O) groups is 4. The molecule has 0 spiro atoms. The molecule has 3 fully saturated rings. The van der Waals surface area contributed by atoms with Crippen LogP contribution in [0.4, 0.5) is 0 Å². The van der Waals surface area contributed by atoms with Gasteiger partial charge in [-0.25, -0.2) is 0 Å². The van der Waals surface area contributed by atoms with Crippen LogP contribution in [-0.2, 0) is 19.2 Å². The summed E-state index contributed by atoms with van der Waals surface area (Å²) in [5, 5.41) is 3.13. The number of piperidine rings is 1. The van der Waals surface area contributed by atoms with Crippen LogP contribution >= 0.6 is 0 Å². The maximum atomic E-state index is 14.1. The van der Waals surface area contributed by atoms with E-state index in [4.69, 9.17) is 0 Å². The van der Waals surface area contributed by atoms with Gasteiger partial charge in [0.25, 0.3) is 0 Å². The Labute approximate surface area is 248 Å². The van der Waals surface area contributed by atoms with Gasteiger partial charge in [-0.15, -0.1) is 0 Å². The molecule has 1 N–H and O–H groups in total. The zero-order valence-corrected chi connectivity index (χ0v) is 27.1. The van der Waals surface area contributed by atoms with E-state index >= 15 is 0 Å². The number of hydrogen-bond donors (Lipinski definition) is 1. The van der Waals surface area contributed by atoms with Gasteiger partial charge in [-0.1, -0.05) is 41.0 Å². The van der Waals surface area contributed by atoms with Crippen molar-refractivity contribution in [1.29, 1.82) is 0 Å². The van der Waals surface area contributed by atoms with E-state index in [2.05, 4.69) is 29.0 Å². The van der Waals surface area contributed by atoms with E-state index in [9.17, 15) is 19.2 Å². The smallest absolute Gasteiger partial charge is 0.245 e. The Bertz CT molecular complexity index is 947. The van der Waals surface area contributed by atoms with E-state index in [1.165, 1.54) is 0 Å². The van der Waals surface area contributed by atoms with Gasteiger partial charge in [-0.3, -0.25) is 29.0 Å². The summed E-state index contributed by atoms with van der Waals surface area (Å²) in [4.78, 5) is 63.4. The van der Waals surface area contributed by atoms with Gasteiger partial charge >= 0.3 is 0 Å². The Morgan fingerprint density at radius 3 is 2.05 bits per heavy atom. The van der Waals surface area contributed by atoms with Gasteiger partial charge in [0, 0.05) is 40.3 Å². The Morgan fingerprint density at radius 1 is 0.854 bits per heavy atom. The summed E-state index contributed by atoms with van der Waals surface area (Å²) in [6.07, 6.45) is 6.13. The Hall–Kier alpha value is -2.20. The minimum absolute atomic E-state index is 0.0135. The second-order valence-corrected chi connectivity index (χ2v) is 14.1. The molecule has 0 bridgehead atoms. The molecule has 3 unspecified atom stereocenters. The lowest BCUT2D eigenvalue weighted by Crippen LogP contribution is -2.61. The van der Waals surface area contributed by atoms with Crippen LogP contribution in [0.3, 0.4) is 0 Å². The molecule has 3 aliphatic rings. The van der Waals surface area contributed by atoms with Crippen molar-refractivity contribution in [3.8, 4) is 0 Å². The number of carbonyl (C=O) groups excluding carboxylic acids is 4. The number of hydrogen-bond acceptors (Lipinski definition) is 6. The average Bonchev–Trinajstić information content (AvgIpc) is 3.58. The minimum Gasteiger partial charge on any atom is -0.347 e. The highest BCUT2D eigenvalue weighted by Gasteiger charge is 2.43. The van der Waals surface area contributed by atoms with Crippen molar-refractivity contribution in [2.24, 2.45) is 11.3 Å². The van der Waals surface area contributed by atoms with Gasteiger partial charge in [-0.2, -0.15) is 0 Å². The van der Waals surface area contributed by atoms with Crippen LogP contribution in [0.5, 0.6) is 0 Å². The molecular weight excluding hydrogens is 520 g/mol.